The van der Waals surface area contributed by atoms with Gasteiger partial charge in [0.15, 0.2) is 17.3 Å². The molecule has 0 N–H and O–H groups in total. The van der Waals surface area contributed by atoms with E-state index in [1.807, 2.05) is 50.5 Å². The Bertz CT molecular complexity index is 1750. The number of Topliss-reactive ketones (excluding diaryl/α,β-unsaturated/α-hetero) is 1. The Labute approximate surface area is 237 Å². The fourth-order valence-corrected chi connectivity index (χ4v) is 4.60. The molecule has 0 aliphatic rings. The number of anilines is 1. The quantitative estimate of drug-likeness (QED) is 0.221. The molecule has 0 radical (unpaired) electrons. The normalized spacial score (nSPS) is 10.8. The number of hydrogen-bond acceptors (Lipinski definition) is 8. The summed E-state index contributed by atoms with van der Waals surface area (Å²) >= 11 is 0. The number of carbonyl (C=O) groups excluding carboxylic acids is 1. The predicted octanol–water partition coefficient (Wildman–Crippen LogP) is 5.14. The lowest BCUT2D eigenvalue weighted by atomic mass is 10.0. The highest BCUT2D eigenvalue weighted by Gasteiger charge is 2.20. The molecule has 5 rings (SSSR count). The van der Waals surface area contributed by atoms with Crippen molar-refractivity contribution in [3.63, 3.8) is 0 Å². The third-order valence-electron chi connectivity index (χ3n) is 6.67. The summed E-state index contributed by atoms with van der Waals surface area (Å²) in [6.45, 7) is 0.375. The van der Waals surface area contributed by atoms with E-state index in [4.69, 9.17) is 14.2 Å². The van der Waals surface area contributed by atoms with Gasteiger partial charge in [-0.05, 0) is 35.9 Å². The Morgan fingerprint density at radius 3 is 2.34 bits per heavy atom. The second-order valence-electron chi connectivity index (χ2n) is 9.61. The summed E-state index contributed by atoms with van der Waals surface area (Å²) < 4.78 is 18.5. The van der Waals surface area contributed by atoms with Gasteiger partial charge in [0.05, 0.1) is 44.6 Å². The minimum Gasteiger partial charge on any atom is -0.493 e. The maximum atomic E-state index is 13.5. The van der Waals surface area contributed by atoms with Crippen LogP contribution in [-0.2, 0) is 13.0 Å². The summed E-state index contributed by atoms with van der Waals surface area (Å²) in [7, 11) is 6.76. The number of hydrogen-bond donors (Lipinski definition) is 0. The van der Waals surface area contributed by atoms with Crippen molar-refractivity contribution in [3.05, 3.63) is 112 Å². The summed E-state index contributed by atoms with van der Waals surface area (Å²) in [6.07, 6.45) is 4.90. The van der Waals surface area contributed by atoms with Crippen LogP contribution in [0.3, 0.4) is 0 Å². The van der Waals surface area contributed by atoms with E-state index < -0.39 is 0 Å². The third kappa shape index (κ3) is 5.89. The molecule has 0 fully saturated rings. The van der Waals surface area contributed by atoms with Gasteiger partial charge in [-0.25, -0.2) is 0 Å². The molecule has 3 aromatic heterocycles. The summed E-state index contributed by atoms with van der Waals surface area (Å²) in [4.78, 5) is 37.5. The Balaban J connectivity index is 1.37. The Kier molecular flexibility index (Phi) is 7.96. The van der Waals surface area contributed by atoms with Crippen molar-refractivity contribution in [2.45, 2.75) is 13.0 Å². The molecule has 0 saturated carbocycles. The lowest BCUT2D eigenvalue weighted by Gasteiger charge is -2.18. The van der Waals surface area contributed by atoms with E-state index in [0.29, 0.717) is 46.4 Å². The fraction of sp³-hybridized carbons (Fsp3) is 0.188. The van der Waals surface area contributed by atoms with E-state index in [2.05, 4.69) is 9.97 Å². The third-order valence-corrected chi connectivity index (χ3v) is 6.67. The monoisotopic (exact) mass is 550 g/mol. The largest absolute Gasteiger partial charge is 0.493 e. The molecule has 0 bridgehead atoms. The van der Waals surface area contributed by atoms with Crippen molar-refractivity contribution in [2.75, 3.05) is 33.2 Å². The molecule has 5 aromatic rings. The van der Waals surface area contributed by atoms with E-state index in [0.717, 1.165) is 10.9 Å². The summed E-state index contributed by atoms with van der Waals surface area (Å²) in [6, 6.07) is 20.3. The Morgan fingerprint density at radius 1 is 0.902 bits per heavy atom. The number of benzene rings is 2. The molecule has 0 amide bonds. The van der Waals surface area contributed by atoms with E-state index >= 15 is 0 Å². The van der Waals surface area contributed by atoms with Crippen molar-refractivity contribution in [1.82, 2.24) is 14.5 Å². The van der Waals surface area contributed by atoms with E-state index in [-0.39, 0.29) is 23.3 Å². The van der Waals surface area contributed by atoms with Crippen LogP contribution >= 0.6 is 0 Å². The van der Waals surface area contributed by atoms with Gasteiger partial charge in [-0.2, -0.15) is 0 Å². The van der Waals surface area contributed by atoms with Crippen molar-refractivity contribution in [1.29, 1.82) is 0 Å². The Hall–Kier alpha value is -5.18. The zero-order valence-corrected chi connectivity index (χ0v) is 23.3. The van der Waals surface area contributed by atoms with Crippen LogP contribution in [0.4, 0.5) is 5.69 Å². The van der Waals surface area contributed by atoms with Gasteiger partial charge < -0.3 is 23.7 Å². The standard InChI is InChI=1S/C32H30N4O5/c1-35(2)26-13-15-36(20-21-8-6-5-7-9-21)32(38)31(26)27(37)16-22-10-11-23(19-34-22)41-28-12-14-33-25-18-30(40-4)29(39-3)17-24(25)28/h5-15,17-19H,16,20H2,1-4H3. The van der Waals surface area contributed by atoms with Crippen molar-refractivity contribution < 1.29 is 19.0 Å². The molecule has 208 valence electrons. The molecule has 0 atom stereocenters. The Morgan fingerprint density at radius 2 is 1.66 bits per heavy atom. The van der Waals surface area contributed by atoms with Crippen LogP contribution in [0, 0.1) is 0 Å². The number of nitrogens with zero attached hydrogens (tertiary/aromatic N) is 4. The maximum absolute atomic E-state index is 13.5. The summed E-state index contributed by atoms with van der Waals surface area (Å²) in [5.41, 5.74) is 2.57. The molecule has 0 unspecified atom stereocenters. The fourth-order valence-electron chi connectivity index (χ4n) is 4.60. The second kappa shape index (κ2) is 11.9. The highest BCUT2D eigenvalue weighted by molar-refractivity contribution is 6.02. The van der Waals surface area contributed by atoms with Crippen LogP contribution in [0.15, 0.2) is 90.1 Å². The first kappa shape index (κ1) is 27.4. The second-order valence-corrected chi connectivity index (χ2v) is 9.61. The first-order valence-electron chi connectivity index (χ1n) is 13.0. The smallest absolute Gasteiger partial charge is 0.263 e. The maximum Gasteiger partial charge on any atom is 0.263 e. The molecule has 9 nitrogen and oxygen atoms in total. The van der Waals surface area contributed by atoms with Crippen LogP contribution in [-0.4, -0.2) is 48.6 Å². The van der Waals surface area contributed by atoms with Crippen molar-refractivity contribution >= 4 is 22.4 Å². The van der Waals surface area contributed by atoms with Gasteiger partial charge in [0.2, 0.25) is 0 Å². The van der Waals surface area contributed by atoms with Crippen molar-refractivity contribution in [2.24, 2.45) is 0 Å². The van der Waals surface area contributed by atoms with Gasteiger partial charge in [0.25, 0.3) is 5.56 Å². The van der Waals surface area contributed by atoms with E-state index in [1.54, 1.807) is 72.6 Å². The first-order chi connectivity index (χ1) is 19.9. The van der Waals surface area contributed by atoms with Crippen molar-refractivity contribution in [3.8, 4) is 23.0 Å². The minimum absolute atomic E-state index is 0.0269. The molecule has 3 heterocycles. The van der Waals surface area contributed by atoms with Gasteiger partial charge in [-0.1, -0.05) is 30.3 Å². The van der Waals surface area contributed by atoms with Gasteiger partial charge >= 0.3 is 0 Å². The first-order valence-corrected chi connectivity index (χ1v) is 13.0. The molecule has 2 aromatic carbocycles. The summed E-state index contributed by atoms with van der Waals surface area (Å²) in [5.74, 6) is 1.89. The van der Waals surface area contributed by atoms with Gasteiger partial charge in [-0.15, -0.1) is 0 Å². The summed E-state index contributed by atoms with van der Waals surface area (Å²) in [5, 5.41) is 0.747. The lowest BCUT2D eigenvalue weighted by molar-refractivity contribution is 0.0990. The zero-order valence-electron chi connectivity index (χ0n) is 23.3. The minimum atomic E-state index is -0.332. The number of methoxy groups -OCH3 is 2. The molecule has 9 heteroatoms. The molecule has 0 saturated heterocycles. The number of pyridine rings is 3. The van der Waals surface area contributed by atoms with E-state index in [9.17, 15) is 9.59 Å². The van der Waals surface area contributed by atoms with Gasteiger partial charge in [0, 0.05) is 43.6 Å². The zero-order chi connectivity index (χ0) is 28.9. The van der Waals surface area contributed by atoms with Crippen LogP contribution in [0.5, 0.6) is 23.0 Å². The lowest BCUT2D eigenvalue weighted by Crippen LogP contribution is -2.30. The molecule has 41 heavy (non-hydrogen) atoms. The average Bonchev–Trinajstić information content (AvgIpc) is 2.98. The number of ether oxygens (including phenoxy) is 3. The topological polar surface area (TPSA) is 95.8 Å². The average molecular weight is 551 g/mol. The molecular formula is C32H30N4O5. The molecule has 0 aliphatic heterocycles. The van der Waals surface area contributed by atoms with E-state index in [1.165, 1.54) is 0 Å². The number of rotatable bonds is 10. The predicted molar refractivity (Wildman–Crippen MR) is 158 cm³/mol. The number of fused-ring (bicyclic) bond motifs is 1. The molecule has 0 aliphatic carbocycles. The molecular weight excluding hydrogens is 520 g/mol. The van der Waals surface area contributed by atoms with Gasteiger partial charge in [-0.3, -0.25) is 19.6 Å². The highest BCUT2D eigenvalue weighted by Crippen LogP contribution is 2.36. The highest BCUT2D eigenvalue weighted by atomic mass is 16.5. The number of carbonyl (C=O) groups is 1. The number of aromatic nitrogens is 3. The SMILES string of the molecule is COc1cc2nccc(Oc3ccc(CC(=O)c4c(N(C)C)ccn(Cc5ccccc5)c4=O)nc3)c2cc1OC. The van der Waals surface area contributed by atoms with Crippen LogP contribution < -0.4 is 24.7 Å². The van der Waals surface area contributed by atoms with Crippen LogP contribution in [0.25, 0.3) is 10.9 Å². The van der Waals surface area contributed by atoms with Crippen LogP contribution in [0.1, 0.15) is 21.6 Å². The molecule has 0 spiro atoms. The number of ketones is 1. The van der Waals surface area contributed by atoms with Crippen LogP contribution in [0.2, 0.25) is 0 Å². The van der Waals surface area contributed by atoms with Gasteiger partial charge in [0.1, 0.15) is 17.1 Å².